The van der Waals surface area contributed by atoms with Gasteiger partial charge in [0, 0.05) is 28.4 Å². The predicted octanol–water partition coefficient (Wildman–Crippen LogP) is 5.86. The van der Waals surface area contributed by atoms with E-state index in [0.29, 0.717) is 21.8 Å². The molecule has 0 unspecified atom stereocenters. The Bertz CT molecular complexity index is 1340. The first-order chi connectivity index (χ1) is 15.8. The molecule has 1 N–H and O–H groups in total. The number of hydrogen-bond donors (Lipinski definition) is 1. The number of aromatic nitrogens is 2. The van der Waals surface area contributed by atoms with Crippen LogP contribution in [0.5, 0.6) is 5.75 Å². The fraction of sp³-hybridized carbons (Fsp3) is 0.208. The Morgan fingerprint density at radius 2 is 1.94 bits per heavy atom. The number of rotatable bonds is 4. The number of hydrogen-bond acceptors (Lipinski definition) is 4. The van der Waals surface area contributed by atoms with Crippen molar-refractivity contribution in [1.29, 1.82) is 0 Å². The lowest BCUT2D eigenvalue weighted by Crippen LogP contribution is -2.23. The van der Waals surface area contributed by atoms with Gasteiger partial charge < -0.3 is 14.6 Å². The Morgan fingerprint density at radius 3 is 2.67 bits per heavy atom. The van der Waals surface area contributed by atoms with Crippen LogP contribution in [-0.4, -0.2) is 27.7 Å². The molecule has 0 saturated carbocycles. The first-order valence-corrected chi connectivity index (χ1v) is 10.5. The molecule has 0 saturated heterocycles. The van der Waals surface area contributed by atoms with Gasteiger partial charge in [0.25, 0.3) is 0 Å². The van der Waals surface area contributed by atoms with Crippen LogP contribution in [0.25, 0.3) is 16.8 Å². The number of fused-ring (bicyclic) bond motifs is 3. The number of aliphatic hydroxyl groups excluding tert-OH is 1. The van der Waals surface area contributed by atoms with Crippen molar-refractivity contribution in [3.63, 3.8) is 0 Å². The minimum Gasteiger partial charge on any atom is -0.434 e. The third-order valence-corrected chi connectivity index (χ3v) is 5.83. The number of aryl methyl sites for hydroxylation is 1. The summed E-state index contributed by atoms with van der Waals surface area (Å²) >= 11 is 6.14. The van der Waals surface area contributed by atoms with Gasteiger partial charge in [-0.05, 0) is 30.7 Å². The molecule has 4 aromatic rings. The van der Waals surface area contributed by atoms with E-state index < -0.39 is 24.6 Å². The maximum atomic E-state index is 15.0. The van der Waals surface area contributed by atoms with Crippen molar-refractivity contribution in [2.45, 2.75) is 25.7 Å². The smallest absolute Gasteiger partial charge is 0.387 e. The van der Waals surface area contributed by atoms with E-state index in [1.807, 2.05) is 19.1 Å². The Kier molecular flexibility index (Phi) is 5.52. The quantitative estimate of drug-likeness (QED) is 0.403. The number of pyridine rings is 1. The van der Waals surface area contributed by atoms with Gasteiger partial charge in [-0.25, -0.2) is 9.37 Å². The molecule has 0 radical (unpaired) electrons. The van der Waals surface area contributed by atoms with Gasteiger partial charge in [0.2, 0.25) is 0 Å². The largest absolute Gasteiger partial charge is 0.434 e. The van der Waals surface area contributed by atoms with Crippen LogP contribution in [-0.2, 0) is 4.74 Å². The Hall–Kier alpha value is -3.07. The van der Waals surface area contributed by atoms with Crippen molar-refractivity contribution in [1.82, 2.24) is 9.38 Å². The highest BCUT2D eigenvalue weighted by Crippen LogP contribution is 2.42. The third kappa shape index (κ3) is 3.94. The van der Waals surface area contributed by atoms with E-state index >= 15 is 0 Å². The maximum absolute atomic E-state index is 15.0. The minimum atomic E-state index is -3.05. The molecule has 9 heteroatoms. The molecule has 0 bridgehead atoms. The highest BCUT2D eigenvalue weighted by molar-refractivity contribution is 6.30. The summed E-state index contributed by atoms with van der Waals surface area (Å²) in [5.41, 5.74) is 3.16. The summed E-state index contributed by atoms with van der Waals surface area (Å²) in [6, 6.07) is 12.9. The molecule has 1 aliphatic heterocycles. The van der Waals surface area contributed by atoms with Crippen LogP contribution in [0.2, 0.25) is 5.02 Å². The predicted molar refractivity (Wildman–Crippen MR) is 116 cm³/mol. The fourth-order valence-corrected chi connectivity index (χ4v) is 4.24. The summed E-state index contributed by atoms with van der Waals surface area (Å²) in [5, 5.41) is 10.8. The summed E-state index contributed by atoms with van der Waals surface area (Å²) in [6.07, 6.45) is -0.434. The van der Waals surface area contributed by atoms with E-state index in [0.717, 1.165) is 5.56 Å². The highest BCUT2D eigenvalue weighted by atomic mass is 35.5. The molecule has 0 spiro atoms. The molecule has 170 valence electrons. The second-order valence-electron chi connectivity index (χ2n) is 7.80. The Labute approximate surface area is 192 Å². The van der Waals surface area contributed by atoms with E-state index in [2.05, 4.69) is 9.72 Å². The molecule has 5 nitrogen and oxygen atoms in total. The second-order valence-corrected chi connectivity index (χ2v) is 8.24. The lowest BCUT2D eigenvalue weighted by molar-refractivity contribution is -0.0548. The Morgan fingerprint density at radius 1 is 1.18 bits per heavy atom. The van der Waals surface area contributed by atoms with Gasteiger partial charge in [-0.15, -0.1) is 0 Å². The van der Waals surface area contributed by atoms with Crippen LogP contribution >= 0.6 is 11.6 Å². The van der Waals surface area contributed by atoms with Crippen molar-refractivity contribution in [2.24, 2.45) is 0 Å². The lowest BCUT2D eigenvalue weighted by atomic mass is 9.99. The standard InChI is InChI=1S/C24H18ClF3N2O3/c1-12-2-4-13(5-3-12)16-10-30-20(9-17(16)26)29-21-18(31)11-32-23(22(21)30)15-8-14(25)6-7-19(15)33-24(27)28/h2-10,18,23-24,31H,11H2,1H3/t18-,23+/m1/s1. The van der Waals surface area contributed by atoms with E-state index in [1.165, 1.54) is 24.3 Å². The average Bonchev–Trinajstić information content (AvgIpc) is 3.14. The van der Waals surface area contributed by atoms with Crippen LogP contribution in [0.4, 0.5) is 13.2 Å². The number of nitrogens with zero attached hydrogens (tertiary/aromatic N) is 2. The zero-order valence-corrected chi connectivity index (χ0v) is 18.1. The van der Waals surface area contributed by atoms with Crippen molar-refractivity contribution in [3.05, 3.63) is 88.1 Å². The summed E-state index contributed by atoms with van der Waals surface area (Å²) < 4.78 is 53.2. The highest BCUT2D eigenvalue weighted by Gasteiger charge is 2.35. The third-order valence-electron chi connectivity index (χ3n) is 5.59. The number of imidazole rings is 1. The molecule has 3 heterocycles. The summed E-state index contributed by atoms with van der Waals surface area (Å²) in [4.78, 5) is 4.40. The van der Waals surface area contributed by atoms with E-state index in [4.69, 9.17) is 16.3 Å². The van der Waals surface area contributed by atoms with E-state index in [1.54, 1.807) is 22.7 Å². The number of ether oxygens (including phenoxy) is 2. The first kappa shape index (κ1) is 21.8. The lowest BCUT2D eigenvalue weighted by Gasteiger charge is -2.28. The van der Waals surface area contributed by atoms with Crippen LogP contribution in [0.3, 0.4) is 0 Å². The van der Waals surface area contributed by atoms with Gasteiger partial charge in [0.15, 0.2) is 0 Å². The zero-order valence-electron chi connectivity index (χ0n) is 17.3. The fourth-order valence-electron chi connectivity index (χ4n) is 4.06. The van der Waals surface area contributed by atoms with Crippen LogP contribution in [0, 0.1) is 12.7 Å². The van der Waals surface area contributed by atoms with Crippen LogP contribution in [0.15, 0.2) is 54.7 Å². The SMILES string of the molecule is Cc1ccc(-c2cn3c4c(nc3cc2F)[C@H](O)CO[C@H]4c2cc(Cl)ccc2OC(F)F)cc1. The Balaban J connectivity index is 1.72. The molecule has 2 atom stereocenters. The average molecular weight is 475 g/mol. The molecular weight excluding hydrogens is 457 g/mol. The van der Waals surface area contributed by atoms with Crippen molar-refractivity contribution in [3.8, 4) is 16.9 Å². The second kappa shape index (κ2) is 8.37. The normalized spacial score (nSPS) is 18.0. The first-order valence-electron chi connectivity index (χ1n) is 10.1. The van der Waals surface area contributed by atoms with Crippen molar-refractivity contribution < 1.29 is 27.8 Å². The topological polar surface area (TPSA) is 56.0 Å². The molecule has 0 amide bonds. The van der Waals surface area contributed by atoms with Gasteiger partial charge in [-0.3, -0.25) is 4.40 Å². The van der Waals surface area contributed by atoms with Crippen molar-refractivity contribution in [2.75, 3.05) is 6.61 Å². The monoisotopic (exact) mass is 474 g/mol. The van der Waals surface area contributed by atoms with Gasteiger partial charge in [0.1, 0.15) is 29.4 Å². The summed E-state index contributed by atoms with van der Waals surface area (Å²) in [6.45, 7) is -1.25. The minimum absolute atomic E-state index is 0.113. The number of aliphatic hydroxyl groups is 1. The van der Waals surface area contributed by atoms with Crippen molar-refractivity contribution >= 4 is 17.2 Å². The number of alkyl halides is 2. The molecule has 0 fully saturated rings. The van der Waals surface area contributed by atoms with E-state index in [9.17, 15) is 18.3 Å². The van der Waals surface area contributed by atoms with Gasteiger partial charge >= 0.3 is 6.61 Å². The summed E-state index contributed by atoms with van der Waals surface area (Å²) in [5.74, 6) is -0.595. The number of benzene rings is 2. The molecule has 33 heavy (non-hydrogen) atoms. The summed E-state index contributed by atoms with van der Waals surface area (Å²) in [7, 11) is 0. The van der Waals surface area contributed by atoms with Gasteiger partial charge in [-0.2, -0.15) is 8.78 Å². The van der Waals surface area contributed by atoms with Crippen LogP contribution < -0.4 is 4.74 Å². The van der Waals surface area contributed by atoms with Crippen LogP contribution in [0.1, 0.15) is 34.7 Å². The van der Waals surface area contributed by atoms with Gasteiger partial charge in [0.05, 0.1) is 18.0 Å². The van der Waals surface area contributed by atoms with E-state index in [-0.39, 0.29) is 29.3 Å². The maximum Gasteiger partial charge on any atom is 0.387 e. The molecule has 0 aliphatic carbocycles. The molecule has 1 aliphatic rings. The number of halogens is 4. The zero-order chi connectivity index (χ0) is 23.3. The molecular formula is C24H18ClF3N2O3. The molecule has 2 aromatic carbocycles. The molecule has 5 rings (SSSR count). The van der Waals surface area contributed by atoms with Gasteiger partial charge in [-0.1, -0.05) is 41.4 Å². The molecule has 2 aromatic heterocycles.